The van der Waals surface area contributed by atoms with Crippen LogP contribution in [0.2, 0.25) is 0 Å². The highest BCUT2D eigenvalue weighted by Crippen LogP contribution is 2.25. The van der Waals surface area contributed by atoms with Gasteiger partial charge in [0.25, 0.3) is 0 Å². The summed E-state index contributed by atoms with van der Waals surface area (Å²) < 4.78 is 19.9. The highest BCUT2D eigenvalue weighted by molar-refractivity contribution is 5.76. The van der Waals surface area contributed by atoms with E-state index >= 15 is 0 Å². The Hall–Kier alpha value is -4.82. The lowest BCUT2D eigenvalue weighted by Crippen LogP contribution is -2.10. The van der Waals surface area contributed by atoms with Gasteiger partial charge in [-0.2, -0.15) is 10.2 Å². The summed E-state index contributed by atoms with van der Waals surface area (Å²) in [6, 6.07) is 33.3. The van der Waals surface area contributed by atoms with E-state index in [-0.39, 0.29) is 0 Å². The number of aromatic nitrogens is 2. The zero-order valence-electron chi connectivity index (χ0n) is 27.9. The summed E-state index contributed by atoms with van der Waals surface area (Å²) in [5.74, 6) is 0.953. The molecule has 0 fully saturated rings. The summed E-state index contributed by atoms with van der Waals surface area (Å²) in [7, 11) is 0. The Bertz CT molecular complexity index is 1440. The average molecular weight is 613 g/mol. The van der Waals surface area contributed by atoms with Crippen molar-refractivity contribution in [2.24, 2.45) is 10.2 Å². The molecule has 0 saturated carbocycles. The van der Waals surface area contributed by atoms with Gasteiger partial charge in [0.2, 0.25) is 0 Å². The second-order valence-corrected chi connectivity index (χ2v) is 7.96. The van der Waals surface area contributed by atoms with Gasteiger partial charge in [0.15, 0.2) is 6.79 Å². The van der Waals surface area contributed by atoms with Gasteiger partial charge < -0.3 is 13.9 Å². The normalized spacial score (nSPS) is 10.8. The van der Waals surface area contributed by atoms with Crippen molar-refractivity contribution < 1.29 is 18.5 Å². The second kappa shape index (κ2) is 24.6. The van der Waals surface area contributed by atoms with Gasteiger partial charge >= 0.3 is 0 Å². The minimum absolute atomic E-state index is 0.386. The summed E-state index contributed by atoms with van der Waals surface area (Å²) in [5.41, 5.74) is 5.95. The molecule has 2 aromatic heterocycles. The molecular weight excluding hydrogens is 564 g/mol. The molecule has 6 aromatic rings. The van der Waals surface area contributed by atoms with E-state index in [0.717, 1.165) is 45.5 Å². The minimum Gasteiger partial charge on any atom is -0.467 e. The Morgan fingerprint density at radius 1 is 0.578 bits per heavy atom. The van der Waals surface area contributed by atoms with E-state index < -0.39 is 0 Å². The van der Waals surface area contributed by atoms with Crippen molar-refractivity contribution in [2.75, 3.05) is 6.79 Å². The molecule has 4 heterocycles. The van der Waals surface area contributed by atoms with Crippen molar-refractivity contribution in [2.45, 2.75) is 68.5 Å². The van der Waals surface area contributed by atoms with E-state index in [1.165, 1.54) is 5.56 Å². The number of hydrogen-bond donors (Lipinski definition) is 0. The van der Waals surface area contributed by atoms with Crippen molar-refractivity contribution >= 4 is 27.7 Å². The predicted octanol–water partition coefficient (Wildman–Crippen LogP) is 11.6. The number of azo groups is 1. The molecule has 8 nitrogen and oxygen atoms in total. The molecule has 0 radical (unpaired) electrons. The first kappa shape index (κ1) is 38.2. The predicted molar refractivity (Wildman–Crippen MR) is 185 cm³/mol. The Morgan fingerprint density at radius 2 is 1.16 bits per heavy atom. The molecular formula is C37H48N4O4. The van der Waals surface area contributed by atoms with Gasteiger partial charge in [-0.1, -0.05) is 122 Å². The molecule has 45 heavy (non-hydrogen) atoms. The lowest BCUT2D eigenvalue weighted by atomic mass is 10.2. The largest absolute Gasteiger partial charge is 0.467 e. The fraction of sp³-hybridized carbons (Fsp3) is 0.297. The van der Waals surface area contributed by atoms with Crippen LogP contribution >= 0.6 is 0 Å². The zero-order chi connectivity index (χ0) is 33.1. The molecule has 240 valence electrons. The maximum absolute atomic E-state index is 5.20. The van der Waals surface area contributed by atoms with Gasteiger partial charge in [-0.25, -0.2) is 4.63 Å². The summed E-state index contributed by atoms with van der Waals surface area (Å²) in [6.45, 7) is 17.8. The molecule has 0 aliphatic carbocycles. The number of ether oxygens (including phenoxy) is 2. The molecule has 8 rings (SSSR count). The number of benzene rings is 4. The van der Waals surface area contributed by atoms with E-state index in [1.54, 1.807) is 6.26 Å². The average Bonchev–Trinajstić information content (AvgIpc) is 3.94. The monoisotopic (exact) mass is 612 g/mol. The third kappa shape index (κ3) is 13.1. The number of fused-ring (bicyclic) bond motifs is 4. The number of hydrogen-bond acceptors (Lipinski definition) is 8. The van der Waals surface area contributed by atoms with Crippen molar-refractivity contribution in [3.8, 4) is 5.75 Å². The standard InChI is InChI=1S/C8H8O2.C8H6O.C7H6N2.C6H4N2O.4C2H6/c1-2-4-8-7(3-1)5-9-6-10-8;1-2-4-8-7(3-1)5-6-9-8;1-2-4-7-6(3-1)5-8-9-7;1-2-4-6-5(3-1)7-9-8-6;4*1-2/h1-4H,5-6H2;1-6H;1-4H,5H2;1-4H;4*1-2H3. The van der Waals surface area contributed by atoms with E-state index in [1.807, 2.05) is 152 Å². The SMILES string of the molecule is CC.CC.CC.CC.c1ccc2c(c1)CN=N2.c1ccc2c(c1)COCO2.c1ccc2nonc2c1.c1ccc2occc2c1. The van der Waals surface area contributed by atoms with Gasteiger partial charge in [-0.3, -0.25) is 0 Å². The van der Waals surface area contributed by atoms with E-state index in [0.29, 0.717) is 13.4 Å². The van der Waals surface area contributed by atoms with Crippen molar-refractivity contribution in [1.29, 1.82) is 0 Å². The number of rotatable bonds is 0. The molecule has 0 spiro atoms. The van der Waals surface area contributed by atoms with Crippen LogP contribution in [0.4, 0.5) is 5.69 Å². The first-order valence-electron chi connectivity index (χ1n) is 15.7. The third-order valence-electron chi connectivity index (χ3n) is 5.46. The lowest BCUT2D eigenvalue weighted by molar-refractivity contribution is -0.0163. The van der Waals surface area contributed by atoms with Crippen LogP contribution in [0.15, 0.2) is 129 Å². The minimum atomic E-state index is 0.386. The molecule has 0 saturated heterocycles. The fourth-order valence-corrected chi connectivity index (χ4v) is 3.58. The molecule has 4 aromatic carbocycles. The van der Waals surface area contributed by atoms with Crippen LogP contribution in [0, 0.1) is 0 Å². The highest BCUT2D eigenvalue weighted by atomic mass is 16.7. The van der Waals surface area contributed by atoms with Crippen molar-refractivity contribution in [3.63, 3.8) is 0 Å². The summed E-state index contributed by atoms with van der Waals surface area (Å²) >= 11 is 0. The van der Waals surface area contributed by atoms with E-state index in [9.17, 15) is 0 Å². The summed E-state index contributed by atoms with van der Waals surface area (Å²) in [4.78, 5) is 0. The lowest BCUT2D eigenvalue weighted by Gasteiger charge is -2.16. The Morgan fingerprint density at radius 3 is 1.80 bits per heavy atom. The van der Waals surface area contributed by atoms with Crippen LogP contribution in [0.5, 0.6) is 5.75 Å². The molecule has 2 aliphatic rings. The quantitative estimate of drug-likeness (QED) is 0.169. The van der Waals surface area contributed by atoms with E-state index in [4.69, 9.17) is 13.9 Å². The van der Waals surface area contributed by atoms with E-state index in [2.05, 4.69) is 31.2 Å². The molecule has 8 heteroatoms. The molecule has 2 aliphatic heterocycles. The van der Waals surface area contributed by atoms with Gasteiger partial charge in [-0.15, -0.1) is 0 Å². The van der Waals surface area contributed by atoms with Gasteiger partial charge in [0.05, 0.1) is 25.1 Å². The molecule has 0 bridgehead atoms. The van der Waals surface area contributed by atoms with Crippen LogP contribution in [0.1, 0.15) is 66.5 Å². The first-order valence-corrected chi connectivity index (χ1v) is 15.7. The smallest absolute Gasteiger partial charge is 0.189 e. The number of para-hydroxylation sites is 2. The molecule has 0 amide bonds. The van der Waals surface area contributed by atoms with Crippen LogP contribution in [-0.2, 0) is 17.9 Å². The number of furan rings is 1. The third-order valence-corrected chi connectivity index (χ3v) is 5.46. The first-order chi connectivity index (χ1) is 22.4. The van der Waals surface area contributed by atoms with Crippen LogP contribution in [-0.4, -0.2) is 17.1 Å². The Labute approximate surface area is 268 Å². The summed E-state index contributed by atoms with van der Waals surface area (Å²) in [6.07, 6.45) is 1.70. The maximum Gasteiger partial charge on any atom is 0.189 e. The van der Waals surface area contributed by atoms with Gasteiger partial charge in [-0.05, 0) is 46.7 Å². The molecule has 0 atom stereocenters. The highest BCUT2D eigenvalue weighted by Gasteiger charge is 2.07. The second-order valence-electron chi connectivity index (χ2n) is 7.96. The van der Waals surface area contributed by atoms with Crippen molar-refractivity contribution in [3.05, 3.63) is 121 Å². The maximum atomic E-state index is 5.20. The van der Waals surface area contributed by atoms with Crippen molar-refractivity contribution in [1.82, 2.24) is 10.3 Å². The molecule has 0 N–H and O–H groups in total. The van der Waals surface area contributed by atoms with Crippen LogP contribution in [0.3, 0.4) is 0 Å². The summed E-state index contributed by atoms with van der Waals surface area (Å²) in [5, 5.41) is 16.2. The van der Waals surface area contributed by atoms with Gasteiger partial charge in [0.1, 0.15) is 22.4 Å². The zero-order valence-corrected chi connectivity index (χ0v) is 27.9. The number of nitrogens with zero attached hydrogens (tertiary/aromatic N) is 4. The van der Waals surface area contributed by atoms with Gasteiger partial charge in [0, 0.05) is 16.5 Å². The van der Waals surface area contributed by atoms with Crippen LogP contribution < -0.4 is 4.74 Å². The Kier molecular flexibility index (Phi) is 20.9. The van der Waals surface area contributed by atoms with Crippen LogP contribution in [0.25, 0.3) is 22.0 Å². The molecule has 0 unspecified atom stereocenters. The Balaban J connectivity index is 0.000000279. The topological polar surface area (TPSA) is 95.2 Å². The fourth-order valence-electron chi connectivity index (χ4n) is 3.58.